The van der Waals surface area contributed by atoms with Gasteiger partial charge in [-0.15, -0.1) is 0 Å². The molecule has 1 aliphatic heterocycles. The molecule has 1 saturated heterocycles. The summed E-state index contributed by atoms with van der Waals surface area (Å²) in [6, 6.07) is 11.0. The standard InChI is InChI=1S/C26H28F3N5O3/c1-16-4-5-19(33-25(36)17-6-8-31-22(11-17)26(27,28)29)14-21(16)18-12-23(32-9-10-35)34-24(13-18)37-15-20-3-2-7-30-20/h4-6,8,11-14,20,30,35H,2-3,7,9-10,15H2,1H3,(H,32,34)(H,33,36). The van der Waals surface area contributed by atoms with Crippen molar-refractivity contribution in [3.8, 4) is 17.0 Å². The molecule has 3 heterocycles. The number of halogens is 3. The molecular formula is C26H28F3N5O3. The summed E-state index contributed by atoms with van der Waals surface area (Å²) in [6.45, 7) is 3.57. The van der Waals surface area contributed by atoms with Crippen LogP contribution >= 0.6 is 0 Å². The number of ether oxygens (including phenoxy) is 1. The summed E-state index contributed by atoms with van der Waals surface area (Å²) in [5.74, 6) is 0.249. The fourth-order valence-corrected chi connectivity index (χ4v) is 4.03. The molecule has 0 saturated carbocycles. The molecule has 196 valence electrons. The first-order chi connectivity index (χ1) is 17.7. The van der Waals surface area contributed by atoms with Crippen molar-refractivity contribution < 1.29 is 27.8 Å². The maximum absolute atomic E-state index is 13.0. The van der Waals surface area contributed by atoms with Gasteiger partial charge in [-0.05, 0) is 73.3 Å². The molecule has 0 aliphatic carbocycles. The van der Waals surface area contributed by atoms with Crippen LogP contribution in [0, 0.1) is 6.92 Å². The molecule has 0 bridgehead atoms. The molecule has 1 fully saturated rings. The summed E-state index contributed by atoms with van der Waals surface area (Å²) in [5.41, 5.74) is 1.58. The minimum atomic E-state index is -4.65. The zero-order valence-corrected chi connectivity index (χ0v) is 20.2. The number of amides is 1. The first kappa shape index (κ1) is 26.4. The van der Waals surface area contributed by atoms with Crippen LogP contribution in [-0.2, 0) is 6.18 Å². The van der Waals surface area contributed by atoms with Gasteiger partial charge in [-0.25, -0.2) is 0 Å². The van der Waals surface area contributed by atoms with E-state index < -0.39 is 17.8 Å². The number of hydrogen-bond acceptors (Lipinski definition) is 7. The summed E-state index contributed by atoms with van der Waals surface area (Å²) >= 11 is 0. The van der Waals surface area contributed by atoms with E-state index in [0.717, 1.165) is 48.3 Å². The van der Waals surface area contributed by atoms with Crippen LogP contribution in [0.15, 0.2) is 48.7 Å². The molecule has 4 rings (SSSR count). The van der Waals surface area contributed by atoms with E-state index in [9.17, 15) is 23.1 Å². The van der Waals surface area contributed by atoms with Crippen LogP contribution < -0.4 is 20.7 Å². The van der Waals surface area contributed by atoms with E-state index >= 15 is 0 Å². The van der Waals surface area contributed by atoms with Crippen molar-refractivity contribution >= 4 is 17.4 Å². The van der Waals surface area contributed by atoms with Crippen molar-refractivity contribution in [3.05, 3.63) is 65.5 Å². The Hall–Kier alpha value is -3.70. The second kappa shape index (κ2) is 11.6. The molecule has 37 heavy (non-hydrogen) atoms. The third-order valence-electron chi connectivity index (χ3n) is 5.93. The van der Waals surface area contributed by atoms with Gasteiger partial charge in [-0.1, -0.05) is 6.07 Å². The van der Waals surface area contributed by atoms with Gasteiger partial charge >= 0.3 is 6.18 Å². The average molecular weight is 516 g/mol. The number of aryl methyl sites for hydroxylation is 1. The molecule has 1 unspecified atom stereocenters. The Balaban J connectivity index is 1.59. The van der Waals surface area contributed by atoms with Crippen molar-refractivity contribution in [2.45, 2.75) is 32.0 Å². The van der Waals surface area contributed by atoms with Gasteiger partial charge in [-0.2, -0.15) is 18.2 Å². The lowest BCUT2D eigenvalue weighted by Gasteiger charge is -2.16. The number of aliphatic hydroxyl groups excluding tert-OH is 1. The van der Waals surface area contributed by atoms with E-state index in [0.29, 0.717) is 30.5 Å². The van der Waals surface area contributed by atoms with E-state index in [-0.39, 0.29) is 18.2 Å². The van der Waals surface area contributed by atoms with Crippen molar-refractivity contribution in [1.29, 1.82) is 0 Å². The van der Waals surface area contributed by atoms with E-state index in [1.807, 2.05) is 19.1 Å². The maximum atomic E-state index is 13.0. The monoisotopic (exact) mass is 515 g/mol. The molecule has 3 aromatic rings. The molecular weight excluding hydrogens is 487 g/mol. The summed E-state index contributed by atoms with van der Waals surface area (Å²) in [7, 11) is 0. The lowest BCUT2D eigenvalue weighted by atomic mass is 10.00. The topological polar surface area (TPSA) is 108 Å². The number of anilines is 2. The van der Waals surface area contributed by atoms with Gasteiger partial charge < -0.3 is 25.8 Å². The van der Waals surface area contributed by atoms with Gasteiger partial charge in [0.15, 0.2) is 0 Å². The zero-order valence-electron chi connectivity index (χ0n) is 20.2. The van der Waals surface area contributed by atoms with Gasteiger partial charge in [0, 0.05) is 36.1 Å². The highest BCUT2D eigenvalue weighted by molar-refractivity contribution is 6.04. The summed E-state index contributed by atoms with van der Waals surface area (Å²) in [5, 5.41) is 18.3. The fraction of sp³-hybridized carbons (Fsp3) is 0.346. The first-order valence-corrected chi connectivity index (χ1v) is 11.9. The second-order valence-corrected chi connectivity index (χ2v) is 8.75. The summed E-state index contributed by atoms with van der Waals surface area (Å²) in [4.78, 5) is 20.5. The van der Waals surface area contributed by atoms with Crippen LogP contribution in [-0.4, -0.2) is 53.3 Å². The quantitative estimate of drug-likeness (QED) is 0.337. The molecule has 0 radical (unpaired) electrons. The molecule has 2 aromatic heterocycles. The Labute approximate surface area is 212 Å². The third-order valence-corrected chi connectivity index (χ3v) is 5.93. The van der Waals surface area contributed by atoms with Crippen LogP contribution in [0.4, 0.5) is 24.7 Å². The van der Waals surface area contributed by atoms with Crippen molar-refractivity contribution in [2.75, 3.05) is 36.9 Å². The lowest BCUT2D eigenvalue weighted by molar-refractivity contribution is -0.141. The van der Waals surface area contributed by atoms with Gasteiger partial charge in [0.25, 0.3) is 5.91 Å². The molecule has 4 N–H and O–H groups in total. The molecule has 1 atom stereocenters. The molecule has 1 amide bonds. The fourth-order valence-electron chi connectivity index (χ4n) is 4.03. The minimum Gasteiger partial charge on any atom is -0.476 e. The number of benzene rings is 1. The Morgan fingerprint density at radius 3 is 2.78 bits per heavy atom. The van der Waals surface area contributed by atoms with E-state index in [2.05, 4.69) is 25.9 Å². The third kappa shape index (κ3) is 6.95. The molecule has 1 aliphatic rings. The van der Waals surface area contributed by atoms with Gasteiger partial charge in [0.2, 0.25) is 5.88 Å². The zero-order chi connectivity index (χ0) is 26.4. The van der Waals surface area contributed by atoms with Crippen molar-refractivity contribution in [2.24, 2.45) is 0 Å². The SMILES string of the molecule is Cc1ccc(NC(=O)c2ccnc(C(F)(F)F)c2)cc1-c1cc(NCCO)nc(OCC2CCCN2)c1. The molecule has 8 nitrogen and oxygen atoms in total. The average Bonchev–Trinajstić information content (AvgIpc) is 3.40. The van der Waals surface area contributed by atoms with Gasteiger partial charge in [0.1, 0.15) is 18.1 Å². The number of aliphatic hydroxyl groups is 1. The van der Waals surface area contributed by atoms with E-state index in [4.69, 9.17) is 4.74 Å². The predicted octanol–water partition coefficient (Wildman–Crippen LogP) is 4.26. The van der Waals surface area contributed by atoms with Crippen molar-refractivity contribution in [3.63, 3.8) is 0 Å². The summed E-state index contributed by atoms with van der Waals surface area (Å²) in [6.07, 6.45) is -1.57. The Kier molecular flexibility index (Phi) is 8.24. The van der Waals surface area contributed by atoms with E-state index in [1.165, 1.54) is 6.07 Å². The Bertz CT molecular complexity index is 1250. The van der Waals surface area contributed by atoms with Gasteiger partial charge in [0.05, 0.1) is 6.61 Å². The number of carbonyl (C=O) groups is 1. The Morgan fingerprint density at radius 1 is 1.22 bits per heavy atom. The normalized spacial score (nSPS) is 15.4. The highest BCUT2D eigenvalue weighted by Gasteiger charge is 2.33. The minimum absolute atomic E-state index is 0.0697. The number of carbonyl (C=O) groups excluding carboxylic acids is 1. The number of rotatable bonds is 9. The Morgan fingerprint density at radius 2 is 2.05 bits per heavy atom. The molecule has 1 aromatic carbocycles. The van der Waals surface area contributed by atoms with Crippen LogP contribution in [0.3, 0.4) is 0 Å². The number of aromatic nitrogens is 2. The lowest BCUT2D eigenvalue weighted by Crippen LogP contribution is -2.28. The predicted molar refractivity (Wildman–Crippen MR) is 134 cm³/mol. The van der Waals surface area contributed by atoms with Crippen molar-refractivity contribution in [1.82, 2.24) is 15.3 Å². The molecule has 0 spiro atoms. The second-order valence-electron chi connectivity index (χ2n) is 8.75. The van der Waals surface area contributed by atoms with Crippen LogP contribution in [0.5, 0.6) is 5.88 Å². The summed E-state index contributed by atoms with van der Waals surface area (Å²) < 4.78 is 45.0. The first-order valence-electron chi connectivity index (χ1n) is 11.9. The number of alkyl halides is 3. The molecule has 11 heteroatoms. The number of nitrogens with one attached hydrogen (secondary N) is 3. The smallest absolute Gasteiger partial charge is 0.433 e. The van der Waals surface area contributed by atoms with Gasteiger partial charge in [-0.3, -0.25) is 9.78 Å². The number of pyridine rings is 2. The van der Waals surface area contributed by atoms with Crippen LogP contribution in [0.1, 0.15) is 34.5 Å². The van der Waals surface area contributed by atoms with Crippen LogP contribution in [0.25, 0.3) is 11.1 Å². The van der Waals surface area contributed by atoms with E-state index in [1.54, 1.807) is 18.2 Å². The highest BCUT2D eigenvalue weighted by Crippen LogP contribution is 2.32. The number of hydrogen-bond donors (Lipinski definition) is 4. The van der Waals surface area contributed by atoms with Crippen LogP contribution in [0.2, 0.25) is 0 Å². The highest BCUT2D eigenvalue weighted by atomic mass is 19.4. The number of nitrogens with zero attached hydrogens (tertiary/aromatic N) is 2. The maximum Gasteiger partial charge on any atom is 0.433 e. The largest absolute Gasteiger partial charge is 0.476 e.